The molecule has 2 fully saturated rings. The van der Waals surface area contributed by atoms with Crippen LogP contribution < -0.4 is 10.6 Å². The Kier molecular flexibility index (Phi) is 2.99. The molecule has 98 valence electrons. The van der Waals surface area contributed by atoms with Crippen molar-refractivity contribution in [3.63, 3.8) is 0 Å². The van der Waals surface area contributed by atoms with Crippen molar-refractivity contribution in [3.05, 3.63) is 23.7 Å². The average Bonchev–Trinajstić information content (AvgIpc) is 2.97. The van der Waals surface area contributed by atoms with Crippen LogP contribution in [0.3, 0.4) is 0 Å². The molecule has 2 aliphatic heterocycles. The Balaban J connectivity index is 1.69. The Bertz CT molecular complexity index is 437. The highest BCUT2D eigenvalue weighted by atomic mass is 16.3. The van der Waals surface area contributed by atoms with Crippen molar-refractivity contribution in [1.29, 1.82) is 0 Å². The van der Waals surface area contributed by atoms with E-state index in [1.54, 1.807) is 0 Å². The lowest BCUT2D eigenvalue weighted by Gasteiger charge is -2.30. The summed E-state index contributed by atoms with van der Waals surface area (Å²) in [4.78, 5) is 13.9. The van der Waals surface area contributed by atoms with E-state index in [1.165, 1.54) is 0 Å². The molecule has 2 aliphatic rings. The summed E-state index contributed by atoms with van der Waals surface area (Å²) in [5, 5.41) is 6.34. The summed E-state index contributed by atoms with van der Waals surface area (Å²) < 4.78 is 5.59. The number of urea groups is 1. The van der Waals surface area contributed by atoms with Gasteiger partial charge < -0.3 is 20.0 Å². The van der Waals surface area contributed by atoms with Crippen LogP contribution in [0.1, 0.15) is 30.4 Å². The molecule has 2 N–H and O–H groups in total. The van der Waals surface area contributed by atoms with E-state index in [2.05, 4.69) is 10.6 Å². The van der Waals surface area contributed by atoms with Crippen LogP contribution in [-0.4, -0.2) is 36.6 Å². The number of nitrogens with zero attached hydrogens (tertiary/aromatic N) is 1. The van der Waals surface area contributed by atoms with E-state index in [1.807, 2.05) is 24.0 Å². The SMILES string of the molecule is Cc1ccc(C2CN(C3CCCNC3)C(=O)N2)o1. The predicted octanol–water partition coefficient (Wildman–Crippen LogP) is 1.41. The quantitative estimate of drug-likeness (QED) is 0.833. The van der Waals surface area contributed by atoms with E-state index in [-0.39, 0.29) is 12.1 Å². The molecule has 1 aromatic heterocycles. The molecule has 0 saturated carbocycles. The first-order chi connectivity index (χ1) is 8.74. The molecule has 5 heteroatoms. The molecular formula is C13H19N3O2. The number of piperidine rings is 1. The van der Waals surface area contributed by atoms with Gasteiger partial charge in [0.1, 0.15) is 17.6 Å². The summed E-state index contributed by atoms with van der Waals surface area (Å²) in [6, 6.07) is 4.23. The Hall–Kier alpha value is -1.49. The topological polar surface area (TPSA) is 57.5 Å². The number of nitrogens with one attached hydrogen (secondary N) is 2. The minimum atomic E-state index is -0.00636. The van der Waals surface area contributed by atoms with Crippen LogP contribution in [0.25, 0.3) is 0 Å². The maximum atomic E-state index is 12.0. The van der Waals surface area contributed by atoms with Gasteiger partial charge in [0.25, 0.3) is 0 Å². The molecule has 0 radical (unpaired) electrons. The van der Waals surface area contributed by atoms with Crippen LogP contribution in [-0.2, 0) is 0 Å². The van der Waals surface area contributed by atoms with Gasteiger partial charge in [-0.1, -0.05) is 0 Å². The molecule has 0 aromatic carbocycles. The lowest BCUT2D eigenvalue weighted by Crippen LogP contribution is -2.47. The minimum Gasteiger partial charge on any atom is -0.464 e. The van der Waals surface area contributed by atoms with Crippen molar-refractivity contribution in [2.75, 3.05) is 19.6 Å². The van der Waals surface area contributed by atoms with E-state index in [4.69, 9.17) is 4.42 Å². The Labute approximate surface area is 107 Å². The fourth-order valence-electron chi connectivity index (χ4n) is 2.77. The normalized spacial score (nSPS) is 28.5. The van der Waals surface area contributed by atoms with Crippen molar-refractivity contribution in [2.45, 2.75) is 31.8 Å². The van der Waals surface area contributed by atoms with Crippen LogP contribution in [0.5, 0.6) is 0 Å². The minimum absolute atomic E-state index is 0.00636. The predicted molar refractivity (Wildman–Crippen MR) is 67.3 cm³/mol. The van der Waals surface area contributed by atoms with E-state index in [0.717, 1.165) is 37.5 Å². The molecule has 3 heterocycles. The van der Waals surface area contributed by atoms with E-state index >= 15 is 0 Å². The molecule has 3 rings (SSSR count). The number of carbonyl (C=O) groups excluding carboxylic acids is 1. The Morgan fingerprint density at radius 1 is 1.44 bits per heavy atom. The third-order valence-electron chi connectivity index (χ3n) is 3.75. The summed E-state index contributed by atoms with van der Waals surface area (Å²) in [6.07, 6.45) is 2.23. The molecule has 5 nitrogen and oxygen atoms in total. The van der Waals surface area contributed by atoms with Crippen LogP contribution in [0.15, 0.2) is 16.5 Å². The van der Waals surface area contributed by atoms with Crippen molar-refractivity contribution in [2.24, 2.45) is 0 Å². The molecule has 0 bridgehead atoms. The number of hydrogen-bond donors (Lipinski definition) is 2. The van der Waals surface area contributed by atoms with Crippen LogP contribution >= 0.6 is 0 Å². The third kappa shape index (κ3) is 2.10. The third-order valence-corrected chi connectivity index (χ3v) is 3.75. The van der Waals surface area contributed by atoms with Crippen molar-refractivity contribution >= 4 is 6.03 Å². The van der Waals surface area contributed by atoms with Crippen LogP contribution in [0, 0.1) is 6.92 Å². The number of aryl methyl sites for hydroxylation is 1. The fraction of sp³-hybridized carbons (Fsp3) is 0.615. The average molecular weight is 249 g/mol. The lowest BCUT2D eigenvalue weighted by atomic mass is 10.1. The number of carbonyl (C=O) groups is 1. The van der Waals surface area contributed by atoms with Gasteiger partial charge in [-0.2, -0.15) is 0 Å². The summed E-state index contributed by atoms with van der Waals surface area (Å²) in [6.45, 7) is 4.59. The first-order valence-corrected chi connectivity index (χ1v) is 6.58. The van der Waals surface area contributed by atoms with Gasteiger partial charge in [-0.15, -0.1) is 0 Å². The summed E-state index contributed by atoms with van der Waals surface area (Å²) >= 11 is 0. The molecular weight excluding hydrogens is 230 g/mol. The maximum Gasteiger partial charge on any atom is 0.318 e. The number of hydrogen-bond acceptors (Lipinski definition) is 3. The highest BCUT2D eigenvalue weighted by Gasteiger charge is 2.36. The van der Waals surface area contributed by atoms with E-state index in [9.17, 15) is 4.79 Å². The van der Waals surface area contributed by atoms with Gasteiger partial charge in [-0.05, 0) is 38.4 Å². The van der Waals surface area contributed by atoms with Crippen molar-refractivity contribution in [1.82, 2.24) is 15.5 Å². The highest BCUT2D eigenvalue weighted by Crippen LogP contribution is 2.25. The van der Waals surface area contributed by atoms with Gasteiger partial charge >= 0.3 is 6.03 Å². The zero-order valence-corrected chi connectivity index (χ0v) is 10.6. The van der Waals surface area contributed by atoms with Gasteiger partial charge in [-0.3, -0.25) is 0 Å². The van der Waals surface area contributed by atoms with Gasteiger partial charge in [0.05, 0.1) is 6.54 Å². The first-order valence-electron chi connectivity index (χ1n) is 6.58. The molecule has 2 saturated heterocycles. The van der Waals surface area contributed by atoms with Gasteiger partial charge in [0, 0.05) is 12.6 Å². The van der Waals surface area contributed by atoms with Gasteiger partial charge in [0.15, 0.2) is 0 Å². The van der Waals surface area contributed by atoms with Gasteiger partial charge in [-0.25, -0.2) is 4.79 Å². The Morgan fingerprint density at radius 2 is 2.33 bits per heavy atom. The van der Waals surface area contributed by atoms with Crippen LogP contribution in [0.4, 0.5) is 4.79 Å². The van der Waals surface area contributed by atoms with Crippen LogP contribution in [0.2, 0.25) is 0 Å². The van der Waals surface area contributed by atoms with Crippen molar-refractivity contribution < 1.29 is 9.21 Å². The summed E-state index contributed by atoms with van der Waals surface area (Å²) in [5.74, 6) is 1.74. The second-order valence-corrected chi connectivity index (χ2v) is 5.10. The number of amides is 2. The lowest BCUT2D eigenvalue weighted by molar-refractivity contribution is 0.183. The standard InChI is InChI=1S/C13H19N3O2/c1-9-4-5-12(18-9)11-8-16(13(17)15-11)10-3-2-6-14-7-10/h4-5,10-11,14H,2-3,6-8H2,1H3,(H,15,17). The number of furan rings is 1. The molecule has 2 atom stereocenters. The summed E-state index contributed by atoms with van der Waals surface area (Å²) in [5.41, 5.74) is 0. The first kappa shape index (κ1) is 11.6. The molecule has 0 aliphatic carbocycles. The molecule has 0 spiro atoms. The maximum absolute atomic E-state index is 12.0. The summed E-state index contributed by atoms with van der Waals surface area (Å²) in [7, 11) is 0. The smallest absolute Gasteiger partial charge is 0.318 e. The highest BCUT2D eigenvalue weighted by molar-refractivity contribution is 5.77. The number of rotatable bonds is 2. The van der Waals surface area contributed by atoms with Crippen molar-refractivity contribution in [3.8, 4) is 0 Å². The van der Waals surface area contributed by atoms with E-state index in [0.29, 0.717) is 12.6 Å². The zero-order valence-electron chi connectivity index (χ0n) is 10.6. The Morgan fingerprint density at radius 3 is 3.00 bits per heavy atom. The molecule has 1 aromatic rings. The zero-order chi connectivity index (χ0) is 12.5. The monoisotopic (exact) mass is 249 g/mol. The molecule has 2 unspecified atom stereocenters. The second-order valence-electron chi connectivity index (χ2n) is 5.10. The molecule has 2 amide bonds. The second kappa shape index (κ2) is 4.65. The van der Waals surface area contributed by atoms with Gasteiger partial charge in [0.2, 0.25) is 0 Å². The van der Waals surface area contributed by atoms with E-state index < -0.39 is 0 Å². The fourth-order valence-corrected chi connectivity index (χ4v) is 2.77. The molecule has 18 heavy (non-hydrogen) atoms. The largest absolute Gasteiger partial charge is 0.464 e.